The van der Waals surface area contributed by atoms with Crippen LogP contribution in [0.1, 0.15) is 33.6 Å². The third-order valence-corrected chi connectivity index (χ3v) is 6.92. The minimum absolute atomic E-state index is 0.0614. The maximum Gasteiger partial charge on any atom is 0.254 e. The van der Waals surface area contributed by atoms with Gasteiger partial charge in [-0.3, -0.25) is 14.4 Å². The first-order valence-corrected chi connectivity index (χ1v) is 12.2. The highest BCUT2D eigenvalue weighted by molar-refractivity contribution is 6.30. The molecule has 1 unspecified atom stereocenters. The minimum atomic E-state index is -0.360. The third kappa shape index (κ3) is 5.94. The normalized spacial score (nSPS) is 18.8. The number of ether oxygens (including phenoxy) is 1. The number of likely N-dealkylation sites (N-methyl/N-ethyl adjacent to an activating group) is 1. The molecule has 8 nitrogen and oxygen atoms in total. The van der Waals surface area contributed by atoms with E-state index in [-0.39, 0.29) is 23.6 Å². The zero-order chi connectivity index (χ0) is 24.9. The largest absolute Gasteiger partial charge is 0.495 e. The number of hydrogen-bond donors (Lipinski definition) is 1. The lowest BCUT2D eigenvalue weighted by atomic mass is 9.96. The molecule has 3 amide bonds. The topological polar surface area (TPSA) is 82.2 Å². The first kappa shape index (κ1) is 25.0. The van der Waals surface area contributed by atoms with Crippen LogP contribution in [-0.4, -0.2) is 85.8 Å². The van der Waals surface area contributed by atoms with Gasteiger partial charge in [0.2, 0.25) is 5.91 Å². The summed E-state index contributed by atoms with van der Waals surface area (Å²) in [5.41, 5.74) is 1.51. The van der Waals surface area contributed by atoms with Gasteiger partial charge < -0.3 is 24.8 Å². The molecule has 186 valence electrons. The molecule has 2 heterocycles. The highest BCUT2D eigenvalue weighted by Gasteiger charge is 2.30. The molecule has 0 saturated carbocycles. The Bertz CT molecular complexity index is 1080. The zero-order valence-electron chi connectivity index (χ0n) is 20.1. The van der Waals surface area contributed by atoms with E-state index in [2.05, 4.69) is 10.2 Å². The average Bonchev–Trinajstić information content (AvgIpc) is 2.88. The number of benzene rings is 2. The Morgan fingerprint density at radius 3 is 2.26 bits per heavy atom. The second-order valence-corrected chi connectivity index (χ2v) is 9.53. The van der Waals surface area contributed by atoms with Crippen molar-refractivity contribution in [3.8, 4) is 5.75 Å². The van der Waals surface area contributed by atoms with Crippen LogP contribution in [0, 0.1) is 5.92 Å². The molecule has 0 aliphatic carbocycles. The van der Waals surface area contributed by atoms with Gasteiger partial charge in [0.1, 0.15) is 5.75 Å². The van der Waals surface area contributed by atoms with Crippen molar-refractivity contribution in [3.63, 3.8) is 0 Å². The number of rotatable bonds is 5. The van der Waals surface area contributed by atoms with Crippen molar-refractivity contribution < 1.29 is 19.1 Å². The van der Waals surface area contributed by atoms with Crippen LogP contribution in [0.2, 0.25) is 5.02 Å². The summed E-state index contributed by atoms with van der Waals surface area (Å²) in [5.74, 6) is -0.244. The highest BCUT2D eigenvalue weighted by atomic mass is 35.5. The van der Waals surface area contributed by atoms with Gasteiger partial charge in [0.05, 0.1) is 18.7 Å². The fourth-order valence-electron chi connectivity index (χ4n) is 4.52. The van der Waals surface area contributed by atoms with Crippen molar-refractivity contribution in [3.05, 3.63) is 58.6 Å². The van der Waals surface area contributed by atoms with Gasteiger partial charge >= 0.3 is 0 Å². The molecule has 2 saturated heterocycles. The van der Waals surface area contributed by atoms with Crippen LogP contribution in [0.3, 0.4) is 0 Å². The van der Waals surface area contributed by atoms with Crippen molar-refractivity contribution in [2.75, 3.05) is 58.7 Å². The first-order chi connectivity index (χ1) is 16.9. The number of carbonyl (C=O) groups is 3. The Morgan fingerprint density at radius 1 is 0.914 bits per heavy atom. The zero-order valence-corrected chi connectivity index (χ0v) is 20.9. The van der Waals surface area contributed by atoms with Crippen LogP contribution in [0.25, 0.3) is 0 Å². The molecular weight excluding hydrogens is 468 g/mol. The Kier molecular flexibility index (Phi) is 7.93. The maximum atomic E-state index is 13.2. The molecule has 2 fully saturated rings. The third-order valence-electron chi connectivity index (χ3n) is 6.67. The molecule has 2 aromatic rings. The van der Waals surface area contributed by atoms with E-state index >= 15 is 0 Å². The van der Waals surface area contributed by atoms with Gasteiger partial charge in [-0.2, -0.15) is 0 Å². The molecule has 2 aliphatic heterocycles. The van der Waals surface area contributed by atoms with Gasteiger partial charge in [0, 0.05) is 55.4 Å². The van der Waals surface area contributed by atoms with E-state index in [1.165, 1.54) is 7.11 Å². The van der Waals surface area contributed by atoms with Crippen molar-refractivity contribution in [1.29, 1.82) is 0 Å². The van der Waals surface area contributed by atoms with Gasteiger partial charge in [-0.15, -0.1) is 0 Å². The number of amides is 3. The number of hydrogen-bond acceptors (Lipinski definition) is 5. The van der Waals surface area contributed by atoms with E-state index in [1.54, 1.807) is 47.4 Å². The molecule has 0 radical (unpaired) electrons. The number of halogens is 1. The number of nitrogens with one attached hydrogen (secondary N) is 1. The van der Waals surface area contributed by atoms with Gasteiger partial charge in [-0.25, -0.2) is 0 Å². The van der Waals surface area contributed by atoms with Crippen LogP contribution in [0.4, 0.5) is 5.69 Å². The van der Waals surface area contributed by atoms with E-state index in [9.17, 15) is 14.4 Å². The van der Waals surface area contributed by atoms with E-state index in [0.717, 1.165) is 19.5 Å². The van der Waals surface area contributed by atoms with Crippen molar-refractivity contribution >= 4 is 35.0 Å². The Morgan fingerprint density at radius 2 is 1.57 bits per heavy atom. The summed E-state index contributed by atoms with van der Waals surface area (Å²) in [6, 6.07) is 11.9. The Labute approximate surface area is 210 Å². The lowest BCUT2D eigenvalue weighted by Crippen LogP contribution is -2.47. The van der Waals surface area contributed by atoms with Gasteiger partial charge in [-0.1, -0.05) is 11.6 Å². The van der Waals surface area contributed by atoms with Crippen LogP contribution < -0.4 is 10.1 Å². The smallest absolute Gasteiger partial charge is 0.254 e. The average molecular weight is 499 g/mol. The molecule has 2 aromatic carbocycles. The first-order valence-electron chi connectivity index (χ1n) is 11.9. The van der Waals surface area contributed by atoms with Gasteiger partial charge in [-0.05, 0) is 62.4 Å². The maximum absolute atomic E-state index is 13.2. The molecule has 0 spiro atoms. The second-order valence-electron chi connectivity index (χ2n) is 9.10. The summed E-state index contributed by atoms with van der Waals surface area (Å²) >= 11 is 5.94. The number of likely N-dealkylation sites (tertiary alicyclic amines) is 1. The lowest BCUT2D eigenvalue weighted by molar-refractivity contribution is -0.121. The summed E-state index contributed by atoms with van der Waals surface area (Å²) in [6.07, 6.45) is 1.41. The lowest BCUT2D eigenvalue weighted by Gasteiger charge is -2.33. The molecule has 2 aliphatic rings. The molecule has 35 heavy (non-hydrogen) atoms. The van der Waals surface area contributed by atoms with E-state index in [1.807, 2.05) is 11.9 Å². The number of piperidine rings is 1. The van der Waals surface area contributed by atoms with E-state index < -0.39 is 0 Å². The van der Waals surface area contributed by atoms with E-state index in [0.29, 0.717) is 60.2 Å². The summed E-state index contributed by atoms with van der Waals surface area (Å²) in [6.45, 7) is 3.93. The van der Waals surface area contributed by atoms with E-state index in [4.69, 9.17) is 16.3 Å². The van der Waals surface area contributed by atoms with Crippen LogP contribution in [0.15, 0.2) is 42.5 Å². The number of piperazine rings is 1. The standard InChI is InChI=1S/C26H31ClN4O4/c1-29-12-14-30(15-13-29)26(34)19-7-10-23(35-2)22(16-19)28-24(32)20-4-3-11-31(17-20)25(33)18-5-8-21(27)9-6-18/h5-10,16,20H,3-4,11-15,17H2,1-2H3,(H,28,32). The number of anilines is 1. The molecule has 1 atom stereocenters. The molecule has 1 N–H and O–H groups in total. The van der Waals surface area contributed by atoms with Crippen LogP contribution in [-0.2, 0) is 4.79 Å². The Hall–Kier alpha value is -3.10. The van der Waals surface area contributed by atoms with Crippen LogP contribution in [0.5, 0.6) is 5.75 Å². The predicted octanol–water partition coefficient (Wildman–Crippen LogP) is 3.23. The molecule has 9 heteroatoms. The monoisotopic (exact) mass is 498 g/mol. The van der Waals surface area contributed by atoms with Crippen molar-refractivity contribution in [2.45, 2.75) is 12.8 Å². The molecule has 0 aromatic heterocycles. The van der Waals surface area contributed by atoms with Crippen molar-refractivity contribution in [2.24, 2.45) is 5.92 Å². The number of methoxy groups -OCH3 is 1. The summed E-state index contributed by atoms with van der Waals surface area (Å²) in [4.78, 5) is 44.8. The Balaban J connectivity index is 1.44. The quantitative estimate of drug-likeness (QED) is 0.684. The molecule has 0 bridgehead atoms. The molecular formula is C26H31ClN4O4. The van der Waals surface area contributed by atoms with Crippen LogP contribution >= 0.6 is 11.6 Å². The predicted molar refractivity (Wildman–Crippen MR) is 135 cm³/mol. The number of carbonyl (C=O) groups excluding carboxylic acids is 3. The summed E-state index contributed by atoms with van der Waals surface area (Å²) in [5, 5.41) is 3.51. The van der Waals surface area contributed by atoms with Gasteiger partial charge in [0.15, 0.2) is 0 Å². The summed E-state index contributed by atoms with van der Waals surface area (Å²) < 4.78 is 5.43. The minimum Gasteiger partial charge on any atom is -0.495 e. The fraction of sp³-hybridized carbons (Fsp3) is 0.423. The summed E-state index contributed by atoms with van der Waals surface area (Å²) in [7, 11) is 3.57. The highest BCUT2D eigenvalue weighted by Crippen LogP contribution is 2.28. The molecule has 4 rings (SSSR count). The fourth-order valence-corrected chi connectivity index (χ4v) is 4.64. The van der Waals surface area contributed by atoms with Gasteiger partial charge in [0.25, 0.3) is 11.8 Å². The van der Waals surface area contributed by atoms with Crippen molar-refractivity contribution in [1.82, 2.24) is 14.7 Å². The second kappa shape index (κ2) is 11.1. The SMILES string of the molecule is COc1ccc(C(=O)N2CCN(C)CC2)cc1NC(=O)C1CCCN(C(=O)c2ccc(Cl)cc2)C1. The number of nitrogens with zero attached hydrogens (tertiary/aromatic N) is 3.